The third-order valence-electron chi connectivity index (χ3n) is 3.12. The molecule has 0 unspecified atom stereocenters. The summed E-state index contributed by atoms with van der Waals surface area (Å²) in [5.74, 6) is 1.48. The predicted molar refractivity (Wildman–Crippen MR) is 50.4 cm³/mol. The highest BCUT2D eigenvalue weighted by Crippen LogP contribution is 2.48. The van der Waals surface area contributed by atoms with E-state index in [0.717, 1.165) is 11.8 Å². The third-order valence-corrected chi connectivity index (χ3v) is 3.12. The first kappa shape index (κ1) is 6.47. The quantitative estimate of drug-likeness (QED) is 0.506. The Kier molecular flexibility index (Phi) is 1.08. The molecular formula is C12H12. The van der Waals surface area contributed by atoms with Crippen LogP contribution in [0.15, 0.2) is 30.4 Å². The zero-order valence-electron chi connectivity index (χ0n) is 7.25. The number of aryl methyl sites for hydroxylation is 1. The molecule has 12 heavy (non-hydrogen) atoms. The zero-order chi connectivity index (χ0) is 8.13. The number of fused-ring (bicyclic) bond motifs is 5. The van der Waals surface area contributed by atoms with E-state index >= 15 is 0 Å². The summed E-state index contributed by atoms with van der Waals surface area (Å²) in [4.78, 5) is 0. The molecule has 0 aliphatic heterocycles. The molecule has 1 aromatic rings. The summed E-state index contributed by atoms with van der Waals surface area (Å²) in [5, 5.41) is 0. The molecule has 2 atom stereocenters. The molecule has 0 fully saturated rings. The number of hydrogen-bond donors (Lipinski definition) is 0. The molecule has 0 N–H and O–H groups in total. The lowest BCUT2D eigenvalue weighted by Gasteiger charge is -2.10. The standard InChI is InChI=1S/C12H12/c1-8-2-5-11-9-3-4-10(7-9)12(11)6-8/h2-6,9-10H,7H2,1H3/t9-,10-/m0/s1. The van der Waals surface area contributed by atoms with Gasteiger partial charge in [-0.05, 0) is 24.5 Å². The van der Waals surface area contributed by atoms with E-state index in [1.54, 1.807) is 11.1 Å². The molecule has 1 aromatic carbocycles. The smallest absolute Gasteiger partial charge is 0.00300 e. The molecule has 2 aliphatic rings. The minimum absolute atomic E-state index is 0.741. The zero-order valence-corrected chi connectivity index (χ0v) is 7.25. The van der Waals surface area contributed by atoms with E-state index in [4.69, 9.17) is 0 Å². The highest BCUT2D eigenvalue weighted by molar-refractivity contribution is 5.48. The number of rotatable bonds is 0. The van der Waals surface area contributed by atoms with Crippen molar-refractivity contribution in [3.8, 4) is 0 Å². The van der Waals surface area contributed by atoms with Gasteiger partial charge in [0.15, 0.2) is 0 Å². The fourth-order valence-corrected chi connectivity index (χ4v) is 2.51. The monoisotopic (exact) mass is 156 g/mol. The van der Waals surface area contributed by atoms with Crippen molar-refractivity contribution < 1.29 is 0 Å². The van der Waals surface area contributed by atoms with E-state index in [9.17, 15) is 0 Å². The summed E-state index contributed by atoms with van der Waals surface area (Å²) >= 11 is 0. The van der Waals surface area contributed by atoms with Crippen LogP contribution in [0.25, 0.3) is 0 Å². The Morgan fingerprint density at radius 1 is 1.08 bits per heavy atom. The molecule has 0 saturated carbocycles. The van der Waals surface area contributed by atoms with E-state index in [1.165, 1.54) is 12.0 Å². The second kappa shape index (κ2) is 2.01. The van der Waals surface area contributed by atoms with Gasteiger partial charge in [-0.15, -0.1) is 0 Å². The van der Waals surface area contributed by atoms with Crippen molar-refractivity contribution in [2.24, 2.45) is 0 Å². The minimum Gasteiger partial charge on any atom is -0.0804 e. The normalized spacial score (nSPS) is 29.4. The number of benzene rings is 1. The van der Waals surface area contributed by atoms with Gasteiger partial charge in [0.25, 0.3) is 0 Å². The Morgan fingerprint density at radius 3 is 2.67 bits per heavy atom. The largest absolute Gasteiger partial charge is 0.0804 e. The van der Waals surface area contributed by atoms with Crippen LogP contribution < -0.4 is 0 Å². The van der Waals surface area contributed by atoms with Gasteiger partial charge in [0.1, 0.15) is 0 Å². The second-order valence-corrected chi connectivity index (χ2v) is 3.97. The molecule has 0 aromatic heterocycles. The average Bonchev–Trinajstić information content (AvgIpc) is 2.63. The summed E-state index contributed by atoms with van der Waals surface area (Å²) in [6.07, 6.45) is 6.06. The fourth-order valence-electron chi connectivity index (χ4n) is 2.51. The molecule has 0 radical (unpaired) electrons. The topological polar surface area (TPSA) is 0 Å². The lowest BCUT2D eigenvalue weighted by Crippen LogP contribution is -1.92. The van der Waals surface area contributed by atoms with Gasteiger partial charge in [0.2, 0.25) is 0 Å². The molecule has 3 rings (SSSR count). The highest BCUT2D eigenvalue weighted by atomic mass is 14.4. The molecule has 0 nitrogen and oxygen atoms in total. The van der Waals surface area contributed by atoms with Crippen LogP contribution in [0.5, 0.6) is 0 Å². The van der Waals surface area contributed by atoms with Gasteiger partial charge in [-0.1, -0.05) is 35.9 Å². The highest BCUT2D eigenvalue weighted by Gasteiger charge is 2.31. The van der Waals surface area contributed by atoms with E-state index < -0.39 is 0 Å². The van der Waals surface area contributed by atoms with Crippen LogP contribution in [0.2, 0.25) is 0 Å². The van der Waals surface area contributed by atoms with Crippen LogP contribution in [0.3, 0.4) is 0 Å². The molecule has 0 heterocycles. The maximum atomic E-state index is 2.37. The van der Waals surface area contributed by atoms with E-state index in [-0.39, 0.29) is 0 Å². The molecule has 2 bridgehead atoms. The van der Waals surface area contributed by atoms with Gasteiger partial charge in [-0.3, -0.25) is 0 Å². The fraction of sp³-hybridized carbons (Fsp3) is 0.333. The van der Waals surface area contributed by atoms with Crippen LogP contribution >= 0.6 is 0 Å². The van der Waals surface area contributed by atoms with Crippen molar-refractivity contribution in [1.82, 2.24) is 0 Å². The molecule has 0 saturated heterocycles. The Balaban J connectivity index is 2.24. The van der Waals surface area contributed by atoms with Crippen molar-refractivity contribution in [2.75, 3.05) is 0 Å². The van der Waals surface area contributed by atoms with Gasteiger partial charge in [0.05, 0.1) is 0 Å². The van der Waals surface area contributed by atoms with Crippen molar-refractivity contribution in [3.05, 3.63) is 47.0 Å². The van der Waals surface area contributed by atoms with Gasteiger partial charge in [-0.2, -0.15) is 0 Å². The maximum absolute atomic E-state index is 2.37. The first-order valence-corrected chi connectivity index (χ1v) is 4.63. The lowest BCUT2D eigenvalue weighted by atomic mass is 9.95. The number of allylic oxidation sites excluding steroid dienone is 2. The molecular weight excluding hydrogens is 144 g/mol. The second-order valence-electron chi connectivity index (χ2n) is 3.97. The van der Waals surface area contributed by atoms with Crippen molar-refractivity contribution in [2.45, 2.75) is 25.2 Å². The first-order valence-electron chi connectivity index (χ1n) is 4.63. The summed E-state index contributed by atoms with van der Waals surface area (Å²) in [5.41, 5.74) is 4.56. The van der Waals surface area contributed by atoms with E-state index in [2.05, 4.69) is 37.3 Å². The van der Waals surface area contributed by atoms with Crippen LogP contribution in [0, 0.1) is 6.92 Å². The van der Waals surface area contributed by atoms with Crippen LogP contribution in [-0.2, 0) is 0 Å². The Morgan fingerprint density at radius 2 is 1.83 bits per heavy atom. The van der Waals surface area contributed by atoms with Crippen LogP contribution in [0.1, 0.15) is 34.9 Å². The van der Waals surface area contributed by atoms with Crippen LogP contribution in [0.4, 0.5) is 0 Å². The molecule has 0 spiro atoms. The molecule has 2 aliphatic carbocycles. The molecule has 0 amide bonds. The van der Waals surface area contributed by atoms with Gasteiger partial charge in [0, 0.05) is 11.8 Å². The summed E-state index contributed by atoms with van der Waals surface area (Å²) in [6, 6.07) is 6.88. The van der Waals surface area contributed by atoms with E-state index in [0.29, 0.717) is 0 Å². The molecule has 0 heteroatoms. The van der Waals surface area contributed by atoms with Crippen molar-refractivity contribution in [3.63, 3.8) is 0 Å². The summed E-state index contributed by atoms with van der Waals surface area (Å²) < 4.78 is 0. The van der Waals surface area contributed by atoms with Gasteiger partial charge >= 0.3 is 0 Å². The third kappa shape index (κ3) is 0.677. The predicted octanol–water partition coefficient (Wildman–Crippen LogP) is 3.14. The Labute approximate surface area is 72.9 Å². The average molecular weight is 156 g/mol. The van der Waals surface area contributed by atoms with E-state index in [1.807, 2.05) is 0 Å². The minimum atomic E-state index is 0.741. The first-order chi connectivity index (χ1) is 5.84. The lowest BCUT2D eigenvalue weighted by molar-refractivity contribution is 0.804. The summed E-state index contributed by atoms with van der Waals surface area (Å²) in [6.45, 7) is 2.18. The van der Waals surface area contributed by atoms with Gasteiger partial charge in [-0.25, -0.2) is 0 Å². The SMILES string of the molecule is Cc1ccc2c(c1)[C@H]1C=C[C@H]2C1. The Bertz CT molecular complexity index is 360. The number of hydrogen-bond acceptors (Lipinski definition) is 0. The van der Waals surface area contributed by atoms with Crippen molar-refractivity contribution >= 4 is 0 Å². The maximum Gasteiger partial charge on any atom is 0.00300 e. The Hall–Kier alpha value is -1.04. The van der Waals surface area contributed by atoms with Crippen molar-refractivity contribution in [1.29, 1.82) is 0 Å². The summed E-state index contributed by atoms with van der Waals surface area (Å²) in [7, 11) is 0. The van der Waals surface area contributed by atoms with Crippen LogP contribution in [-0.4, -0.2) is 0 Å². The molecule has 60 valence electrons. The van der Waals surface area contributed by atoms with Gasteiger partial charge < -0.3 is 0 Å².